The SMILES string of the molecule is CCS(=O)(=O)C(CO)/C(=N/O)c1ccc(C)cc1. The first-order valence-electron chi connectivity index (χ1n) is 5.57. The smallest absolute Gasteiger partial charge is 0.161 e. The van der Waals surface area contributed by atoms with E-state index in [1.54, 1.807) is 24.3 Å². The molecule has 1 atom stereocenters. The van der Waals surface area contributed by atoms with Crippen molar-refractivity contribution in [3.8, 4) is 0 Å². The van der Waals surface area contributed by atoms with Gasteiger partial charge in [0, 0.05) is 11.3 Å². The number of aryl methyl sites for hydroxylation is 1. The third-order valence-corrected chi connectivity index (χ3v) is 4.81. The summed E-state index contributed by atoms with van der Waals surface area (Å²) in [6.07, 6.45) is 0. The van der Waals surface area contributed by atoms with E-state index in [1.807, 2.05) is 6.92 Å². The van der Waals surface area contributed by atoms with E-state index < -0.39 is 21.7 Å². The van der Waals surface area contributed by atoms with Crippen molar-refractivity contribution in [2.24, 2.45) is 5.16 Å². The summed E-state index contributed by atoms with van der Waals surface area (Å²) in [5.41, 5.74) is 1.47. The van der Waals surface area contributed by atoms with E-state index in [4.69, 9.17) is 5.21 Å². The molecule has 0 heterocycles. The molecule has 0 radical (unpaired) electrons. The lowest BCUT2D eigenvalue weighted by molar-refractivity contribution is 0.296. The Hall–Kier alpha value is -1.40. The van der Waals surface area contributed by atoms with Gasteiger partial charge in [-0.1, -0.05) is 41.9 Å². The molecule has 1 unspecified atom stereocenters. The van der Waals surface area contributed by atoms with E-state index in [9.17, 15) is 13.5 Å². The number of nitrogens with zero attached hydrogens (tertiary/aromatic N) is 1. The second-order valence-electron chi connectivity index (χ2n) is 3.97. The third-order valence-electron chi connectivity index (χ3n) is 2.76. The fourth-order valence-corrected chi connectivity index (χ4v) is 2.76. The standard InChI is InChI=1S/C12H17NO4S/c1-3-18(16,17)11(8-14)12(13-15)10-6-4-9(2)5-7-10/h4-7,11,14-15H,3,8H2,1-2H3/b13-12+. The number of benzene rings is 1. The fourth-order valence-electron chi connectivity index (χ4n) is 1.60. The van der Waals surface area contributed by atoms with Gasteiger partial charge in [0.25, 0.3) is 0 Å². The summed E-state index contributed by atoms with van der Waals surface area (Å²) in [5, 5.41) is 20.1. The molecular weight excluding hydrogens is 254 g/mol. The number of aliphatic hydroxyl groups excluding tert-OH is 1. The molecule has 5 nitrogen and oxygen atoms in total. The van der Waals surface area contributed by atoms with Crippen molar-refractivity contribution in [1.29, 1.82) is 0 Å². The molecule has 0 aliphatic heterocycles. The lowest BCUT2D eigenvalue weighted by Crippen LogP contribution is -2.35. The van der Waals surface area contributed by atoms with E-state index in [1.165, 1.54) is 6.92 Å². The second kappa shape index (κ2) is 5.97. The molecule has 1 aromatic rings. The van der Waals surface area contributed by atoms with Crippen LogP contribution in [-0.2, 0) is 9.84 Å². The first-order valence-corrected chi connectivity index (χ1v) is 7.29. The minimum atomic E-state index is -3.52. The molecule has 0 spiro atoms. The first-order chi connectivity index (χ1) is 8.46. The van der Waals surface area contributed by atoms with Gasteiger partial charge in [-0.05, 0) is 6.92 Å². The van der Waals surface area contributed by atoms with Crippen molar-refractivity contribution < 1.29 is 18.7 Å². The summed E-state index contributed by atoms with van der Waals surface area (Å²) < 4.78 is 23.6. The number of aliphatic hydroxyl groups is 1. The average molecular weight is 271 g/mol. The molecule has 0 fully saturated rings. The van der Waals surface area contributed by atoms with Crippen LogP contribution in [-0.4, -0.2) is 42.1 Å². The lowest BCUT2D eigenvalue weighted by atomic mass is 10.1. The van der Waals surface area contributed by atoms with E-state index in [-0.39, 0.29) is 11.5 Å². The van der Waals surface area contributed by atoms with Crippen molar-refractivity contribution in [1.82, 2.24) is 0 Å². The van der Waals surface area contributed by atoms with Crippen LogP contribution in [0.1, 0.15) is 18.1 Å². The van der Waals surface area contributed by atoms with Crippen molar-refractivity contribution in [2.75, 3.05) is 12.4 Å². The van der Waals surface area contributed by atoms with Crippen molar-refractivity contribution >= 4 is 15.5 Å². The Labute approximate surface area is 107 Å². The zero-order valence-electron chi connectivity index (χ0n) is 10.4. The largest absolute Gasteiger partial charge is 0.411 e. The third kappa shape index (κ3) is 3.08. The van der Waals surface area contributed by atoms with Gasteiger partial charge in [0.15, 0.2) is 9.84 Å². The number of hydrogen-bond donors (Lipinski definition) is 2. The van der Waals surface area contributed by atoms with Gasteiger partial charge in [0.1, 0.15) is 11.0 Å². The molecule has 0 aliphatic carbocycles. The maximum atomic E-state index is 11.8. The van der Waals surface area contributed by atoms with Crippen LogP contribution in [0.15, 0.2) is 29.4 Å². The molecule has 0 amide bonds. The highest BCUT2D eigenvalue weighted by Gasteiger charge is 2.29. The first kappa shape index (κ1) is 14.7. The van der Waals surface area contributed by atoms with Crippen LogP contribution in [0.2, 0.25) is 0 Å². The summed E-state index contributed by atoms with van der Waals surface area (Å²) >= 11 is 0. The van der Waals surface area contributed by atoms with Gasteiger partial charge in [-0.2, -0.15) is 0 Å². The Morgan fingerprint density at radius 1 is 1.33 bits per heavy atom. The second-order valence-corrected chi connectivity index (χ2v) is 6.45. The average Bonchev–Trinajstić information content (AvgIpc) is 2.36. The van der Waals surface area contributed by atoms with Gasteiger partial charge in [0.05, 0.1) is 6.61 Å². The minimum absolute atomic E-state index is 0.0284. The predicted molar refractivity (Wildman–Crippen MR) is 69.8 cm³/mol. The molecule has 0 bridgehead atoms. The van der Waals surface area contributed by atoms with Gasteiger partial charge in [-0.25, -0.2) is 8.42 Å². The summed E-state index contributed by atoms with van der Waals surface area (Å²) in [6.45, 7) is 2.78. The molecule has 1 rings (SSSR count). The monoisotopic (exact) mass is 271 g/mol. The van der Waals surface area contributed by atoms with Gasteiger partial charge in [-0.3, -0.25) is 0 Å². The van der Waals surface area contributed by atoms with Gasteiger partial charge >= 0.3 is 0 Å². The van der Waals surface area contributed by atoms with Gasteiger partial charge in [-0.15, -0.1) is 0 Å². The molecule has 1 aromatic carbocycles. The van der Waals surface area contributed by atoms with Crippen molar-refractivity contribution in [3.63, 3.8) is 0 Å². The normalized spacial score (nSPS) is 14.5. The molecule has 0 saturated heterocycles. The van der Waals surface area contributed by atoms with E-state index in [0.717, 1.165) is 5.56 Å². The highest BCUT2D eigenvalue weighted by atomic mass is 32.2. The summed E-state index contributed by atoms with van der Waals surface area (Å²) in [7, 11) is -3.52. The maximum Gasteiger partial charge on any atom is 0.161 e. The number of hydrogen-bond acceptors (Lipinski definition) is 5. The predicted octanol–water partition coefficient (Wildman–Crippen LogP) is 0.969. The topological polar surface area (TPSA) is 87.0 Å². The Bertz CT molecular complexity index is 520. The van der Waals surface area contributed by atoms with Crippen molar-refractivity contribution in [2.45, 2.75) is 19.1 Å². The maximum absolute atomic E-state index is 11.8. The highest BCUT2D eigenvalue weighted by molar-refractivity contribution is 7.92. The Kier molecular flexibility index (Phi) is 4.86. The van der Waals surface area contributed by atoms with Crippen LogP contribution >= 0.6 is 0 Å². The van der Waals surface area contributed by atoms with Crippen LogP contribution in [0, 0.1) is 6.92 Å². The summed E-state index contributed by atoms with van der Waals surface area (Å²) in [4.78, 5) is 0. The highest BCUT2D eigenvalue weighted by Crippen LogP contribution is 2.13. The quantitative estimate of drug-likeness (QED) is 0.474. The number of sulfone groups is 1. The molecule has 100 valence electrons. The van der Waals surface area contributed by atoms with Crippen LogP contribution < -0.4 is 0 Å². The Morgan fingerprint density at radius 3 is 2.28 bits per heavy atom. The van der Waals surface area contributed by atoms with E-state index in [2.05, 4.69) is 5.16 Å². The van der Waals surface area contributed by atoms with E-state index in [0.29, 0.717) is 5.56 Å². The van der Waals surface area contributed by atoms with Gasteiger partial charge < -0.3 is 10.3 Å². The van der Waals surface area contributed by atoms with Crippen LogP contribution in [0.25, 0.3) is 0 Å². The Morgan fingerprint density at radius 2 is 1.89 bits per heavy atom. The molecule has 2 N–H and O–H groups in total. The molecule has 0 aromatic heterocycles. The minimum Gasteiger partial charge on any atom is -0.411 e. The van der Waals surface area contributed by atoms with E-state index >= 15 is 0 Å². The molecule has 6 heteroatoms. The molecule has 18 heavy (non-hydrogen) atoms. The number of rotatable bonds is 5. The van der Waals surface area contributed by atoms with Crippen LogP contribution in [0.4, 0.5) is 0 Å². The van der Waals surface area contributed by atoms with Crippen LogP contribution in [0.3, 0.4) is 0 Å². The fraction of sp³-hybridized carbons (Fsp3) is 0.417. The molecular formula is C12H17NO4S. The van der Waals surface area contributed by atoms with Crippen LogP contribution in [0.5, 0.6) is 0 Å². The number of oxime groups is 1. The lowest BCUT2D eigenvalue weighted by Gasteiger charge is -2.15. The molecule has 0 saturated carbocycles. The van der Waals surface area contributed by atoms with Crippen molar-refractivity contribution in [3.05, 3.63) is 35.4 Å². The zero-order chi connectivity index (χ0) is 13.8. The van der Waals surface area contributed by atoms with Gasteiger partial charge in [0.2, 0.25) is 0 Å². The summed E-state index contributed by atoms with van der Waals surface area (Å²) in [6, 6.07) is 6.90. The molecule has 0 aliphatic rings. The Balaban J connectivity index is 3.21. The summed E-state index contributed by atoms with van der Waals surface area (Å²) in [5.74, 6) is -0.122. The zero-order valence-corrected chi connectivity index (χ0v) is 11.2.